The highest BCUT2D eigenvalue weighted by Gasteiger charge is 2.21. The number of hydrogen-bond donors (Lipinski definition) is 2. The average Bonchev–Trinajstić information content (AvgIpc) is 3.35. The van der Waals surface area contributed by atoms with Gasteiger partial charge in [0.2, 0.25) is 11.8 Å². The summed E-state index contributed by atoms with van der Waals surface area (Å²) in [5.41, 5.74) is 2.14. The van der Waals surface area contributed by atoms with Crippen molar-refractivity contribution in [2.24, 2.45) is 0 Å². The van der Waals surface area contributed by atoms with Crippen LogP contribution >= 0.6 is 0 Å². The molecule has 0 bridgehead atoms. The Labute approximate surface area is 197 Å². The van der Waals surface area contributed by atoms with Crippen molar-refractivity contribution in [1.82, 2.24) is 10.2 Å². The minimum absolute atomic E-state index is 0.127. The summed E-state index contributed by atoms with van der Waals surface area (Å²) in [7, 11) is 0. The van der Waals surface area contributed by atoms with Crippen LogP contribution in [0, 0.1) is 6.92 Å². The van der Waals surface area contributed by atoms with Crippen LogP contribution in [0.25, 0.3) is 10.8 Å². The van der Waals surface area contributed by atoms with Crippen molar-refractivity contribution in [2.75, 3.05) is 18.4 Å². The lowest BCUT2D eigenvalue weighted by Crippen LogP contribution is -2.42. The summed E-state index contributed by atoms with van der Waals surface area (Å²) < 4.78 is 5.39. The van der Waals surface area contributed by atoms with Gasteiger partial charge in [-0.3, -0.25) is 14.4 Å². The van der Waals surface area contributed by atoms with Gasteiger partial charge < -0.3 is 20.0 Å². The van der Waals surface area contributed by atoms with E-state index >= 15 is 0 Å². The van der Waals surface area contributed by atoms with Crippen LogP contribution in [-0.2, 0) is 16.1 Å². The largest absolute Gasteiger partial charge is 0.467 e. The monoisotopic (exact) mass is 455 g/mol. The first-order chi connectivity index (χ1) is 16.5. The molecule has 7 heteroatoms. The molecule has 0 fully saturated rings. The van der Waals surface area contributed by atoms with Crippen molar-refractivity contribution < 1.29 is 18.8 Å². The highest BCUT2D eigenvalue weighted by atomic mass is 16.3. The van der Waals surface area contributed by atoms with E-state index in [2.05, 4.69) is 10.6 Å². The molecule has 3 aromatic carbocycles. The molecule has 0 aliphatic heterocycles. The lowest BCUT2D eigenvalue weighted by molar-refractivity contribution is -0.124. The number of furan rings is 1. The maximum atomic E-state index is 13.3. The Bertz CT molecular complexity index is 1310. The fourth-order valence-electron chi connectivity index (χ4n) is 3.63. The van der Waals surface area contributed by atoms with Crippen molar-refractivity contribution in [2.45, 2.75) is 13.5 Å². The molecule has 7 nitrogen and oxygen atoms in total. The summed E-state index contributed by atoms with van der Waals surface area (Å²) in [6.45, 7) is 1.63. The Morgan fingerprint density at radius 1 is 0.853 bits per heavy atom. The van der Waals surface area contributed by atoms with E-state index in [9.17, 15) is 14.4 Å². The van der Waals surface area contributed by atoms with E-state index in [0.29, 0.717) is 17.0 Å². The van der Waals surface area contributed by atoms with Gasteiger partial charge in [-0.2, -0.15) is 0 Å². The molecule has 0 saturated heterocycles. The topological polar surface area (TPSA) is 91.7 Å². The lowest BCUT2D eigenvalue weighted by Gasteiger charge is -2.21. The van der Waals surface area contributed by atoms with Gasteiger partial charge >= 0.3 is 0 Å². The molecule has 0 aliphatic rings. The zero-order valence-electron chi connectivity index (χ0n) is 18.8. The van der Waals surface area contributed by atoms with Crippen LogP contribution in [0.4, 0.5) is 5.69 Å². The van der Waals surface area contributed by atoms with Gasteiger partial charge in [-0.1, -0.05) is 42.5 Å². The zero-order chi connectivity index (χ0) is 23.9. The van der Waals surface area contributed by atoms with Crippen LogP contribution in [0.3, 0.4) is 0 Å². The standard InChI is InChI=1S/C27H25N3O4/c1-19-6-4-9-23(14-19)29-25(31)16-28-26(32)18-30(17-24-10-5-13-34-24)27(33)22-12-11-20-7-2-3-8-21(20)15-22/h2-15H,16-18H2,1H3,(H,28,32)(H,29,31). The number of nitrogens with one attached hydrogen (secondary N) is 2. The summed E-state index contributed by atoms with van der Waals surface area (Å²) in [4.78, 5) is 39.5. The Kier molecular flexibility index (Phi) is 7.03. The fourth-order valence-corrected chi connectivity index (χ4v) is 3.63. The molecule has 0 atom stereocenters. The SMILES string of the molecule is Cc1cccc(NC(=O)CNC(=O)CN(Cc2ccco2)C(=O)c2ccc3ccccc3c2)c1. The van der Waals surface area contributed by atoms with E-state index in [4.69, 9.17) is 4.42 Å². The number of carbonyl (C=O) groups excluding carboxylic acids is 3. The normalized spacial score (nSPS) is 10.6. The van der Waals surface area contributed by atoms with Crippen molar-refractivity contribution in [3.05, 3.63) is 102 Å². The maximum absolute atomic E-state index is 13.3. The van der Waals surface area contributed by atoms with Crippen LogP contribution in [0.15, 0.2) is 89.5 Å². The van der Waals surface area contributed by atoms with Crippen LogP contribution < -0.4 is 10.6 Å². The van der Waals surface area contributed by atoms with Crippen LogP contribution in [0.1, 0.15) is 21.7 Å². The number of benzene rings is 3. The number of nitrogens with zero attached hydrogens (tertiary/aromatic N) is 1. The van der Waals surface area contributed by atoms with Gasteiger partial charge in [-0.25, -0.2) is 0 Å². The quantitative estimate of drug-likeness (QED) is 0.418. The molecule has 34 heavy (non-hydrogen) atoms. The first kappa shape index (κ1) is 22.8. The van der Waals surface area contributed by atoms with Gasteiger partial charge in [-0.05, 0) is 59.7 Å². The smallest absolute Gasteiger partial charge is 0.254 e. The summed E-state index contributed by atoms with van der Waals surface area (Å²) in [5, 5.41) is 7.29. The van der Waals surface area contributed by atoms with E-state index < -0.39 is 5.91 Å². The molecule has 2 N–H and O–H groups in total. The van der Waals surface area contributed by atoms with E-state index in [0.717, 1.165) is 16.3 Å². The highest BCUT2D eigenvalue weighted by molar-refractivity contribution is 6.00. The van der Waals surface area contributed by atoms with E-state index in [1.165, 1.54) is 11.2 Å². The summed E-state index contributed by atoms with van der Waals surface area (Å²) >= 11 is 0. The molecule has 0 saturated carbocycles. The summed E-state index contributed by atoms with van der Waals surface area (Å²) in [6.07, 6.45) is 1.52. The fraction of sp³-hybridized carbons (Fsp3) is 0.148. The average molecular weight is 456 g/mol. The predicted molar refractivity (Wildman–Crippen MR) is 130 cm³/mol. The van der Waals surface area contributed by atoms with Crippen LogP contribution in [-0.4, -0.2) is 35.7 Å². The number of anilines is 1. The van der Waals surface area contributed by atoms with Gasteiger partial charge in [0.05, 0.1) is 19.4 Å². The van der Waals surface area contributed by atoms with Crippen LogP contribution in [0.5, 0.6) is 0 Å². The molecule has 3 amide bonds. The molecule has 0 aliphatic carbocycles. The number of hydrogen-bond acceptors (Lipinski definition) is 4. The molecule has 0 spiro atoms. The third-order valence-corrected chi connectivity index (χ3v) is 5.29. The summed E-state index contributed by atoms with van der Waals surface area (Å²) in [5.74, 6) is -0.543. The Balaban J connectivity index is 1.42. The molecule has 1 aromatic heterocycles. The number of amides is 3. The second kappa shape index (κ2) is 10.5. The molecule has 4 rings (SSSR count). The number of fused-ring (bicyclic) bond motifs is 1. The van der Waals surface area contributed by atoms with Gasteiger partial charge in [-0.15, -0.1) is 0 Å². The zero-order valence-corrected chi connectivity index (χ0v) is 18.8. The molecule has 4 aromatic rings. The summed E-state index contributed by atoms with van der Waals surface area (Å²) in [6, 6.07) is 24.0. The van der Waals surface area contributed by atoms with Crippen LogP contribution in [0.2, 0.25) is 0 Å². The second-order valence-electron chi connectivity index (χ2n) is 8.00. The lowest BCUT2D eigenvalue weighted by atomic mass is 10.1. The van der Waals surface area contributed by atoms with E-state index in [-0.39, 0.29) is 31.4 Å². The number of rotatable bonds is 8. The Morgan fingerprint density at radius 2 is 1.68 bits per heavy atom. The van der Waals surface area contributed by atoms with Gasteiger partial charge in [0.1, 0.15) is 12.3 Å². The van der Waals surface area contributed by atoms with Gasteiger partial charge in [0.15, 0.2) is 0 Å². The third-order valence-electron chi connectivity index (χ3n) is 5.29. The van der Waals surface area contributed by atoms with Gasteiger partial charge in [0.25, 0.3) is 5.91 Å². The predicted octanol–water partition coefficient (Wildman–Crippen LogP) is 4.14. The first-order valence-electron chi connectivity index (χ1n) is 10.9. The minimum atomic E-state index is -0.444. The molecule has 0 unspecified atom stereocenters. The van der Waals surface area contributed by atoms with Crippen molar-refractivity contribution in [3.8, 4) is 0 Å². The molecular formula is C27H25N3O4. The molecule has 0 radical (unpaired) electrons. The van der Waals surface area contributed by atoms with E-state index in [1.54, 1.807) is 30.3 Å². The highest BCUT2D eigenvalue weighted by Crippen LogP contribution is 2.18. The van der Waals surface area contributed by atoms with Crippen molar-refractivity contribution in [1.29, 1.82) is 0 Å². The number of carbonyl (C=O) groups is 3. The second-order valence-corrected chi connectivity index (χ2v) is 8.00. The molecule has 172 valence electrons. The van der Waals surface area contributed by atoms with Gasteiger partial charge in [0, 0.05) is 11.3 Å². The third kappa shape index (κ3) is 5.89. The number of aryl methyl sites for hydroxylation is 1. The minimum Gasteiger partial charge on any atom is -0.467 e. The maximum Gasteiger partial charge on any atom is 0.254 e. The van der Waals surface area contributed by atoms with Crippen molar-refractivity contribution >= 4 is 34.2 Å². The van der Waals surface area contributed by atoms with E-state index in [1.807, 2.05) is 55.5 Å². The molecular weight excluding hydrogens is 430 g/mol. The Hall–Kier alpha value is -4.39. The molecule has 1 heterocycles. The Morgan fingerprint density at radius 3 is 2.44 bits per heavy atom. The first-order valence-corrected chi connectivity index (χ1v) is 10.9. The van der Waals surface area contributed by atoms with Crippen molar-refractivity contribution in [3.63, 3.8) is 0 Å².